The SMILES string of the molecule is CCN1CCN(C(=O)/C=C/c2cccc(F)c2F)CCC1=O. The first-order chi connectivity index (χ1) is 10.5. The zero-order chi connectivity index (χ0) is 16.1. The van der Waals surface area contributed by atoms with E-state index in [2.05, 4.69) is 0 Å². The number of hydrogen-bond donors (Lipinski definition) is 0. The lowest BCUT2D eigenvalue weighted by Crippen LogP contribution is -2.35. The Balaban J connectivity index is 2.04. The van der Waals surface area contributed by atoms with Gasteiger partial charge < -0.3 is 9.80 Å². The van der Waals surface area contributed by atoms with E-state index in [4.69, 9.17) is 0 Å². The molecule has 118 valence electrons. The van der Waals surface area contributed by atoms with Crippen LogP contribution in [-0.2, 0) is 9.59 Å². The molecule has 0 bridgehead atoms. The number of carbonyl (C=O) groups excluding carboxylic acids is 2. The summed E-state index contributed by atoms with van der Waals surface area (Å²) < 4.78 is 26.6. The van der Waals surface area contributed by atoms with E-state index in [9.17, 15) is 18.4 Å². The highest BCUT2D eigenvalue weighted by atomic mass is 19.2. The minimum absolute atomic E-state index is 0.0226. The molecule has 1 saturated heterocycles. The van der Waals surface area contributed by atoms with Crippen LogP contribution >= 0.6 is 0 Å². The summed E-state index contributed by atoms with van der Waals surface area (Å²) in [6, 6.07) is 3.80. The third-order valence-corrected chi connectivity index (χ3v) is 3.67. The highest BCUT2D eigenvalue weighted by Crippen LogP contribution is 2.13. The first kappa shape index (κ1) is 16.1. The van der Waals surface area contributed by atoms with Crippen molar-refractivity contribution >= 4 is 17.9 Å². The molecule has 0 saturated carbocycles. The topological polar surface area (TPSA) is 40.6 Å². The van der Waals surface area contributed by atoms with Crippen LogP contribution < -0.4 is 0 Å². The van der Waals surface area contributed by atoms with Crippen LogP contribution in [0.4, 0.5) is 8.78 Å². The summed E-state index contributed by atoms with van der Waals surface area (Å²) in [5.41, 5.74) is 0.0226. The molecule has 6 heteroatoms. The molecule has 4 nitrogen and oxygen atoms in total. The lowest BCUT2D eigenvalue weighted by molar-refractivity contribution is -0.130. The summed E-state index contributed by atoms with van der Waals surface area (Å²) in [5, 5.41) is 0. The summed E-state index contributed by atoms with van der Waals surface area (Å²) in [5.74, 6) is -2.21. The van der Waals surface area contributed by atoms with Gasteiger partial charge in [-0.15, -0.1) is 0 Å². The predicted molar refractivity (Wildman–Crippen MR) is 78.8 cm³/mol. The van der Waals surface area contributed by atoms with Gasteiger partial charge in [0.25, 0.3) is 0 Å². The van der Waals surface area contributed by atoms with E-state index in [0.717, 1.165) is 6.07 Å². The van der Waals surface area contributed by atoms with Crippen molar-refractivity contribution in [1.82, 2.24) is 9.80 Å². The Morgan fingerprint density at radius 3 is 2.77 bits per heavy atom. The molecule has 0 aromatic heterocycles. The van der Waals surface area contributed by atoms with Gasteiger partial charge in [0, 0.05) is 44.2 Å². The van der Waals surface area contributed by atoms with E-state index in [1.807, 2.05) is 6.92 Å². The van der Waals surface area contributed by atoms with Gasteiger partial charge in [0.15, 0.2) is 11.6 Å². The van der Waals surface area contributed by atoms with Crippen molar-refractivity contribution in [3.05, 3.63) is 41.5 Å². The van der Waals surface area contributed by atoms with Gasteiger partial charge in [0.1, 0.15) is 0 Å². The third kappa shape index (κ3) is 3.69. The number of rotatable bonds is 3. The van der Waals surface area contributed by atoms with Gasteiger partial charge in [-0.05, 0) is 19.1 Å². The lowest BCUT2D eigenvalue weighted by atomic mass is 10.2. The molecule has 1 aliphatic rings. The zero-order valence-corrected chi connectivity index (χ0v) is 12.4. The molecular formula is C16H18F2N2O2. The van der Waals surface area contributed by atoms with Crippen LogP contribution in [0.5, 0.6) is 0 Å². The minimum Gasteiger partial charge on any atom is -0.341 e. The second-order valence-corrected chi connectivity index (χ2v) is 5.03. The molecule has 0 atom stereocenters. The maximum atomic E-state index is 13.5. The van der Waals surface area contributed by atoms with Gasteiger partial charge in [-0.25, -0.2) is 8.78 Å². The molecule has 1 aromatic carbocycles. The summed E-state index contributed by atoms with van der Waals surface area (Å²) in [4.78, 5) is 27.1. The van der Waals surface area contributed by atoms with Crippen molar-refractivity contribution < 1.29 is 18.4 Å². The number of nitrogens with zero attached hydrogens (tertiary/aromatic N) is 2. The highest BCUT2D eigenvalue weighted by molar-refractivity contribution is 5.92. The second-order valence-electron chi connectivity index (χ2n) is 5.03. The maximum absolute atomic E-state index is 13.5. The molecule has 22 heavy (non-hydrogen) atoms. The molecule has 0 aliphatic carbocycles. The average molecular weight is 308 g/mol. The maximum Gasteiger partial charge on any atom is 0.246 e. The number of benzene rings is 1. The molecule has 2 rings (SSSR count). The van der Waals surface area contributed by atoms with Crippen LogP contribution in [0, 0.1) is 11.6 Å². The van der Waals surface area contributed by atoms with Crippen molar-refractivity contribution in [1.29, 1.82) is 0 Å². The normalized spacial score (nSPS) is 16.2. The quantitative estimate of drug-likeness (QED) is 0.802. The Bertz CT molecular complexity index is 602. The molecule has 0 radical (unpaired) electrons. The van der Waals surface area contributed by atoms with Gasteiger partial charge in [-0.2, -0.15) is 0 Å². The summed E-state index contributed by atoms with van der Waals surface area (Å²) in [6.45, 7) is 3.77. The Labute approximate surface area is 128 Å². The molecule has 1 aliphatic heterocycles. The third-order valence-electron chi connectivity index (χ3n) is 3.67. The summed E-state index contributed by atoms with van der Waals surface area (Å²) in [6.07, 6.45) is 2.75. The molecule has 2 amide bonds. The standard InChI is InChI=1S/C16H18F2N2O2/c1-2-19-10-11-20(9-8-15(19)22)14(21)7-6-12-4-3-5-13(17)16(12)18/h3-7H,2,8-11H2,1H3/b7-6+. The fourth-order valence-corrected chi connectivity index (χ4v) is 2.34. The van der Waals surface area contributed by atoms with Crippen LogP contribution in [0.1, 0.15) is 18.9 Å². The Hall–Kier alpha value is -2.24. The average Bonchev–Trinajstić information content (AvgIpc) is 2.70. The molecule has 1 heterocycles. The molecule has 1 aromatic rings. The zero-order valence-electron chi connectivity index (χ0n) is 12.4. The number of amides is 2. The molecule has 0 spiro atoms. The number of carbonyl (C=O) groups is 2. The van der Waals surface area contributed by atoms with E-state index in [1.165, 1.54) is 24.3 Å². The van der Waals surface area contributed by atoms with Gasteiger partial charge in [0.2, 0.25) is 11.8 Å². The fourth-order valence-electron chi connectivity index (χ4n) is 2.34. The Morgan fingerprint density at radius 1 is 1.27 bits per heavy atom. The van der Waals surface area contributed by atoms with Gasteiger partial charge in [-0.1, -0.05) is 12.1 Å². The summed E-state index contributed by atoms with van der Waals surface area (Å²) in [7, 11) is 0. The lowest BCUT2D eigenvalue weighted by Gasteiger charge is -2.20. The number of likely N-dealkylation sites (N-methyl/N-ethyl adjacent to an activating group) is 1. The van der Waals surface area contributed by atoms with E-state index in [-0.39, 0.29) is 23.8 Å². The molecule has 0 N–H and O–H groups in total. The van der Waals surface area contributed by atoms with E-state index in [0.29, 0.717) is 26.2 Å². The molecular weight excluding hydrogens is 290 g/mol. The van der Waals surface area contributed by atoms with Crippen molar-refractivity contribution in [3.8, 4) is 0 Å². The first-order valence-corrected chi connectivity index (χ1v) is 7.21. The number of halogens is 2. The van der Waals surface area contributed by atoms with Crippen LogP contribution in [0.15, 0.2) is 24.3 Å². The van der Waals surface area contributed by atoms with Gasteiger partial charge in [0.05, 0.1) is 0 Å². The van der Waals surface area contributed by atoms with Crippen LogP contribution in [-0.4, -0.2) is 47.8 Å². The van der Waals surface area contributed by atoms with Crippen LogP contribution in [0.3, 0.4) is 0 Å². The van der Waals surface area contributed by atoms with Crippen LogP contribution in [0.25, 0.3) is 6.08 Å². The van der Waals surface area contributed by atoms with E-state index in [1.54, 1.807) is 9.80 Å². The van der Waals surface area contributed by atoms with E-state index < -0.39 is 11.6 Å². The second kappa shape index (κ2) is 7.15. The number of hydrogen-bond acceptors (Lipinski definition) is 2. The van der Waals surface area contributed by atoms with Crippen LogP contribution in [0.2, 0.25) is 0 Å². The predicted octanol–water partition coefficient (Wildman–Crippen LogP) is 2.06. The highest BCUT2D eigenvalue weighted by Gasteiger charge is 2.21. The van der Waals surface area contributed by atoms with Gasteiger partial charge in [-0.3, -0.25) is 9.59 Å². The van der Waals surface area contributed by atoms with Gasteiger partial charge >= 0.3 is 0 Å². The monoisotopic (exact) mass is 308 g/mol. The molecule has 1 fully saturated rings. The first-order valence-electron chi connectivity index (χ1n) is 7.21. The van der Waals surface area contributed by atoms with Crippen molar-refractivity contribution in [3.63, 3.8) is 0 Å². The van der Waals surface area contributed by atoms with Crippen molar-refractivity contribution in [2.45, 2.75) is 13.3 Å². The largest absolute Gasteiger partial charge is 0.341 e. The Kier molecular flexibility index (Phi) is 5.25. The Morgan fingerprint density at radius 2 is 2.05 bits per heavy atom. The van der Waals surface area contributed by atoms with Crippen molar-refractivity contribution in [2.24, 2.45) is 0 Å². The fraction of sp³-hybridized carbons (Fsp3) is 0.375. The van der Waals surface area contributed by atoms with Crippen molar-refractivity contribution in [2.75, 3.05) is 26.2 Å². The minimum atomic E-state index is -0.977. The smallest absolute Gasteiger partial charge is 0.246 e. The summed E-state index contributed by atoms with van der Waals surface area (Å²) >= 11 is 0. The molecule has 0 unspecified atom stereocenters. The van der Waals surface area contributed by atoms with E-state index >= 15 is 0 Å².